The van der Waals surface area contributed by atoms with Crippen LogP contribution in [-0.4, -0.2) is 17.4 Å². The lowest BCUT2D eigenvalue weighted by Crippen LogP contribution is -1.92. The Balaban J connectivity index is 2.71. The number of hydrogen-bond acceptors (Lipinski definition) is 5. The summed E-state index contributed by atoms with van der Waals surface area (Å²) >= 11 is 3.46. The molecule has 0 bridgehead atoms. The van der Waals surface area contributed by atoms with E-state index in [9.17, 15) is 5.11 Å². The van der Waals surface area contributed by atoms with E-state index in [2.05, 4.69) is 21.1 Å². The highest BCUT2D eigenvalue weighted by atomic mass is 79.9. The zero-order valence-electron chi connectivity index (χ0n) is 10.0. The molecule has 1 heterocycles. The number of phenols is 1. The molecule has 1 aromatic heterocycles. The van der Waals surface area contributed by atoms with E-state index in [1.54, 1.807) is 12.1 Å². The maximum Gasteiger partial charge on any atom is 0.174 e. The van der Waals surface area contributed by atoms with E-state index in [0.29, 0.717) is 17.1 Å². The molecule has 2 aromatic rings. The van der Waals surface area contributed by atoms with E-state index >= 15 is 0 Å². The quantitative estimate of drug-likeness (QED) is 0.910. The van der Waals surface area contributed by atoms with Crippen molar-refractivity contribution >= 4 is 21.7 Å². The van der Waals surface area contributed by atoms with Crippen molar-refractivity contribution in [2.45, 2.75) is 13.3 Å². The summed E-state index contributed by atoms with van der Waals surface area (Å²) in [6.07, 6.45) is 0.786. The van der Waals surface area contributed by atoms with Crippen molar-refractivity contribution in [2.24, 2.45) is 0 Å². The number of nitrogens with zero attached hydrogens (tertiary/aromatic N) is 1. The smallest absolute Gasteiger partial charge is 0.174 e. The molecule has 0 aliphatic rings. The second-order valence-electron chi connectivity index (χ2n) is 3.75. The first-order valence-corrected chi connectivity index (χ1v) is 6.18. The molecular formula is C12H13BrN2O3. The summed E-state index contributed by atoms with van der Waals surface area (Å²) < 4.78 is 11.0. The predicted molar refractivity (Wildman–Crippen MR) is 71.6 cm³/mol. The van der Waals surface area contributed by atoms with Gasteiger partial charge in [-0.05, 0) is 34.0 Å². The fourth-order valence-corrected chi connectivity index (χ4v) is 2.50. The predicted octanol–water partition coefficient (Wildman–Crippen LogP) is 2.96. The lowest BCUT2D eigenvalue weighted by Gasteiger charge is -2.12. The monoisotopic (exact) mass is 312 g/mol. The summed E-state index contributed by atoms with van der Waals surface area (Å²) in [6, 6.07) is 3.33. The van der Waals surface area contributed by atoms with Crippen LogP contribution in [0.2, 0.25) is 0 Å². The van der Waals surface area contributed by atoms with Crippen LogP contribution in [0.25, 0.3) is 11.3 Å². The Morgan fingerprint density at radius 2 is 2.22 bits per heavy atom. The number of hydrogen-bond donors (Lipinski definition) is 2. The Kier molecular flexibility index (Phi) is 3.47. The highest BCUT2D eigenvalue weighted by Gasteiger charge is 2.20. The molecule has 96 valence electrons. The number of nitrogen functional groups attached to an aromatic ring is 1. The van der Waals surface area contributed by atoms with Crippen LogP contribution < -0.4 is 10.5 Å². The van der Waals surface area contributed by atoms with E-state index < -0.39 is 0 Å². The number of nitrogens with two attached hydrogens (primary N) is 1. The van der Waals surface area contributed by atoms with Crippen LogP contribution in [-0.2, 0) is 6.42 Å². The molecule has 6 heteroatoms. The fourth-order valence-electron chi connectivity index (χ4n) is 1.72. The molecule has 3 N–H and O–H groups in total. The highest BCUT2D eigenvalue weighted by molar-refractivity contribution is 9.10. The Morgan fingerprint density at radius 1 is 1.50 bits per heavy atom. The largest absolute Gasteiger partial charge is 0.504 e. The third-order valence-electron chi connectivity index (χ3n) is 2.65. The lowest BCUT2D eigenvalue weighted by molar-refractivity contribution is 0.371. The maximum atomic E-state index is 10.2. The second-order valence-corrected chi connectivity index (χ2v) is 4.54. The third-order valence-corrected chi connectivity index (χ3v) is 3.56. The van der Waals surface area contributed by atoms with Gasteiger partial charge in [0.2, 0.25) is 0 Å². The number of aromatic hydroxyl groups is 1. The van der Waals surface area contributed by atoms with Gasteiger partial charge in [0.15, 0.2) is 23.1 Å². The van der Waals surface area contributed by atoms with E-state index in [-0.39, 0.29) is 11.6 Å². The first-order valence-electron chi connectivity index (χ1n) is 5.39. The van der Waals surface area contributed by atoms with E-state index in [0.717, 1.165) is 16.5 Å². The molecular weight excluding hydrogens is 300 g/mol. The van der Waals surface area contributed by atoms with Gasteiger partial charge in [-0.3, -0.25) is 0 Å². The van der Waals surface area contributed by atoms with Crippen molar-refractivity contribution in [3.05, 3.63) is 22.2 Å². The number of methoxy groups -OCH3 is 1. The van der Waals surface area contributed by atoms with Gasteiger partial charge in [0.1, 0.15) is 0 Å². The van der Waals surface area contributed by atoms with Gasteiger partial charge in [0.25, 0.3) is 0 Å². The number of halogens is 1. The number of anilines is 1. The van der Waals surface area contributed by atoms with Crippen LogP contribution >= 0.6 is 15.9 Å². The molecule has 0 unspecified atom stereocenters. The number of ether oxygens (including phenoxy) is 1. The van der Waals surface area contributed by atoms with Crippen molar-refractivity contribution < 1.29 is 14.4 Å². The Morgan fingerprint density at radius 3 is 2.72 bits per heavy atom. The SMILES string of the molecule is CCc1cc(OC)c(O)c(-c2cc(N)no2)c1Br. The van der Waals surface area contributed by atoms with Crippen LogP contribution in [0.1, 0.15) is 12.5 Å². The number of benzene rings is 1. The summed E-state index contributed by atoms with van der Waals surface area (Å²) in [7, 11) is 1.50. The van der Waals surface area contributed by atoms with Gasteiger partial charge in [-0.25, -0.2) is 0 Å². The van der Waals surface area contributed by atoms with E-state index in [4.69, 9.17) is 15.0 Å². The van der Waals surface area contributed by atoms with Crippen LogP contribution in [0, 0.1) is 0 Å². The van der Waals surface area contributed by atoms with Gasteiger partial charge in [0, 0.05) is 10.5 Å². The Hall–Kier alpha value is -1.69. The standard InChI is InChI=1S/C12H13BrN2O3/c1-3-6-4-8(17-2)12(16)10(11(6)13)7-5-9(14)15-18-7/h4-5,16H,3H2,1-2H3,(H2,14,15). The van der Waals surface area contributed by atoms with Crippen LogP contribution in [0.4, 0.5) is 5.82 Å². The minimum atomic E-state index is -0.00211. The molecule has 0 atom stereocenters. The number of phenolic OH excluding ortho intramolecular Hbond substituents is 1. The fraction of sp³-hybridized carbons (Fsp3) is 0.250. The van der Waals surface area contributed by atoms with Gasteiger partial charge >= 0.3 is 0 Å². The molecule has 0 amide bonds. The Bertz CT molecular complexity index is 553. The molecule has 1 aromatic carbocycles. The first kappa shape index (κ1) is 12.8. The molecule has 0 spiro atoms. The molecule has 0 radical (unpaired) electrons. The van der Waals surface area contributed by atoms with Gasteiger partial charge in [-0.2, -0.15) is 0 Å². The average molecular weight is 313 g/mol. The number of aryl methyl sites for hydroxylation is 1. The van der Waals surface area contributed by atoms with E-state index in [1.807, 2.05) is 6.92 Å². The minimum absolute atomic E-state index is 0.00211. The number of rotatable bonds is 3. The maximum absolute atomic E-state index is 10.2. The topological polar surface area (TPSA) is 81.5 Å². The van der Waals surface area contributed by atoms with Gasteiger partial charge < -0.3 is 20.1 Å². The summed E-state index contributed by atoms with van der Waals surface area (Å²) in [5.74, 6) is 1.04. The normalized spacial score (nSPS) is 10.6. The second kappa shape index (κ2) is 4.89. The van der Waals surface area contributed by atoms with Gasteiger partial charge in [0.05, 0.1) is 12.7 Å². The zero-order valence-corrected chi connectivity index (χ0v) is 11.6. The molecule has 2 rings (SSSR count). The van der Waals surface area contributed by atoms with Crippen LogP contribution in [0.5, 0.6) is 11.5 Å². The Labute approximate surface area is 113 Å². The summed E-state index contributed by atoms with van der Waals surface area (Å²) in [4.78, 5) is 0. The molecule has 0 fully saturated rings. The third kappa shape index (κ3) is 2.03. The van der Waals surface area contributed by atoms with Crippen LogP contribution in [0.15, 0.2) is 21.1 Å². The van der Waals surface area contributed by atoms with Gasteiger partial charge in [-0.1, -0.05) is 12.1 Å². The van der Waals surface area contributed by atoms with Gasteiger partial charge in [-0.15, -0.1) is 0 Å². The molecule has 5 nitrogen and oxygen atoms in total. The zero-order chi connectivity index (χ0) is 13.3. The van der Waals surface area contributed by atoms with Crippen molar-refractivity contribution in [1.29, 1.82) is 0 Å². The highest BCUT2D eigenvalue weighted by Crippen LogP contribution is 2.44. The van der Waals surface area contributed by atoms with Crippen molar-refractivity contribution in [3.8, 4) is 22.8 Å². The number of aromatic nitrogens is 1. The van der Waals surface area contributed by atoms with Crippen molar-refractivity contribution in [3.63, 3.8) is 0 Å². The summed E-state index contributed by atoms with van der Waals surface area (Å²) in [6.45, 7) is 2.01. The van der Waals surface area contributed by atoms with E-state index in [1.165, 1.54) is 7.11 Å². The average Bonchev–Trinajstić information content (AvgIpc) is 2.76. The minimum Gasteiger partial charge on any atom is -0.504 e. The van der Waals surface area contributed by atoms with Crippen LogP contribution in [0.3, 0.4) is 0 Å². The molecule has 0 aliphatic heterocycles. The van der Waals surface area contributed by atoms with Crippen molar-refractivity contribution in [2.75, 3.05) is 12.8 Å². The molecule has 18 heavy (non-hydrogen) atoms. The first-order chi connectivity index (χ1) is 8.58. The lowest BCUT2D eigenvalue weighted by atomic mass is 10.0. The molecule has 0 saturated carbocycles. The summed E-state index contributed by atoms with van der Waals surface area (Å²) in [5, 5.41) is 13.8. The molecule has 0 aliphatic carbocycles. The molecule has 0 saturated heterocycles. The summed E-state index contributed by atoms with van der Waals surface area (Å²) in [5.41, 5.74) is 7.01. The van der Waals surface area contributed by atoms with Crippen molar-refractivity contribution in [1.82, 2.24) is 5.16 Å².